The van der Waals surface area contributed by atoms with E-state index < -0.39 is 0 Å². The average molecular weight is 326 g/mol. The largest absolute Gasteiger partial charge is 0.384 e. The topological polar surface area (TPSA) is 108 Å². The highest BCUT2D eigenvalue weighted by atomic mass is 32.2. The Labute approximate surface area is 131 Å². The highest BCUT2D eigenvalue weighted by Gasteiger charge is 2.17. The Hall–Kier alpha value is -1.94. The number of nitrogens with zero attached hydrogens (tertiary/aromatic N) is 5. The zero-order valence-corrected chi connectivity index (χ0v) is 13.5. The fraction of sp³-hybridized carbons (Fsp3) is 0.583. The van der Waals surface area contributed by atoms with Gasteiger partial charge in [0.25, 0.3) is 0 Å². The molecular weight excluding hydrogens is 308 g/mol. The number of hydrogen-bond donors (Lipinski definition) is 1. The summed E-state index contributed by atoms with van der Waals surface area (Å²) in [5, 5.41) is 15.0. The lowest BCUT2D eigenvalue weighted by Crippen LogP contribution is -2.28. The zero-order chi connectivity index (χ0) is 15.9. The minimum absolute atomic E-state index is 0.142. The fourth-order valence-electron chi connectivity index (χ4n) is 1.62. The number of carbonyl (C=O) groups excluding carboxylic acids is 1. The van der Waals surface area contributed by atoms with E-state index in [4.69, 9.17) is 9.26 Å². The van der Waals surface area contributed by atoms with Crippen molar-refractivity contribution in [3.8, 4) is 0 Å². The van der Waals surface area contributed by atoms with Crippen LogP contribution in [0.3, 0.4) is 0 Å². The van der Waals surface area contributed by atoms with Crippen LogP contribution in [0.5, 0.6) is 0 Å². The van der Waals surface area contributed by atoms with E-state index in [0.29, 0.717) is 29.9 Å². The van der Waals surface area contributed by atoms with Crippen LogP contribution >= 0.6 is 11.8 Å². The van der Waals surface area contributed by atoms with Crippen molar-refractivity contribution in [1.82, 2.24) is 30.2 Å². The van der Waals surface area contributed by atoms with Crippen molar-refractivity contribution in [2.24, 2.45) is 7.05 Å². The molecule has 2 aromatic heterocycles. The smallest absolute Gasteiger partial charge is 0.248 e. The van der Waals surface area contributed by atoms with E-state index in [1.54, 1.807) is 24.9 Å². The zero-order valence-electron chi connectivity index (χ0n) is 12.6. The maximum atomic E-state index is 11.9. The second kappa shape index (κ2) is 7.90. The summed E-state index contributed by atoms with van der Waals surface area (Å²) >= 11 is 1.31. The number of aromatic nitrogens is 5. The van der Waals surface area contributed by atoms with Crippen molar-refractivity contribution in [2.75, 3.05) is 19.5 Å². The van der Waals surface area contributed by atoms with E-state index in [1.807, 2.05) is 7.05 Å². The lowest BCUT2D eigenvalue weighted by atomic mass is 10.3. The second-order valence-electron chi connectivity index (χ2n) is 4.59. The Morgan fingerprint density at radius 3 is 3.09 bits per heavy atom. The normalized spacial score (nSPS) is 12.3. The summed E-state index contributed by atoms with van der Waals surface area (Å²) in [5.74, 6) is 1.04. The third-order valence-corrected chi connectivity index (χ3v) is 3.80. The van der Waals surface area contributed by atoms with Gasteiger partial charge in [0.1, 0.15) is 12.4 Å². The summed E-state index contributed by atoms with van der Waals surface area (Å²) in [6, 6.07) is -0.351. The molecule has 0 saturated carbocycles. The summed E-state index contributed by atoms with van der Waals surface area (Å²) < 4.78 is 11.8. The molecule has 1 amide bonds. The molecule has 2 heterocycles. The Morgan fingerprint density at radius 2 is 2.41 bits per heavy atom. The molecule has 0 spiro atoms. The molecule has 0 fully saturated rings. The predicted octanol–water partition coefficient (Wildman–Crippen LogP) is 0.356. The van der Waals surface area contributed by atoms with Gasteiger partial charge in [0.15, 0.2) is 11.0 Å². The molecule has 1 atom stereocenters. The Kier molecular flexibility index (Phi) is 5.90. The monoisotopic (exact) mass is 326 g/mol. The van der Waals surface area contributed by atoms with Crippen LogP contribution in [-0.2, 0) is 23.0 Å². The molecule has 0 aliphatic rings. The molecule has 1 unspecified atom stereocenters. The SMILES string of the molecule is COCCc1noc(C(C)NC(=O)CSc2nncn2C)n1. The van der Waals surface area contributed by atoms with Gasteiger partial charge in [-0.05, 0) is 6.92 Å². The van der Waals surface area contributed by atoms with Crippen molar-refractivity contribution in [1.29, 1.82) is 0 Å². The van der Waals surface area contributed by atoms with Gasteiger partial charge in [-0.15, -0.1) is 10.2 Å². The predicted molar refractivity (Wildman–Crippen MR) is 78.2 cm³/mol. The van der Waals surface area contributed by atoms with Crippen molar-refractivity contribution < 1.29 is 14.1 Å². The van der Waals surface area contributed by atoms with Crippen LogP contribution in [-0.4, -0.2) is 50.3 Å². The molecule has 2 aromatic rings. The number of amides is 1. The van der Waals surface area contributed by atoms with E-state index >= 15 is 0 Å². The van der Waals surface area contributed by atoms with E-state index in [1.165, 1.54) is 11.8 Å². The fourth-order valence-corrected chi connectivity index (χ4v) is 2.32. The van der Waals surface area contributed by atoms with Gasteiger partial charge in [0.05, 0.1) is 12.4 Å². The third-order valence-electron chi connectivity index (χ3n) is 2.76. The quantitative estimate of drug-likeness (QED) is 0.693. The van der Waals surface area contributed by atoms with Crippen LogP contribution in [0.2, 0.25) is 0 Å². The second-order valence-corrected chi connectivity index (χ2v) is 5.54. The van der Waals surface area contributed by atoms with Crippen LogP contribution in [0, 0.1) is 0 Å². The molecule has 0 bridgehead atoms. The summed E-state index contributed by atoms with van der Waals surface area (Å²) in [7, 11) is 3.43. The summed E-state index contributed by atoms with van der Waals surface area (Å²) in [6.45, 7) is 2.31. The summed E-state index contributed by atoms with van der Waals surface area (Å²) in [6.07, 6.45) is 2.16. The number of rotatable bonds is 8. The van der Waals surface area contributed by atoms with Crippen molar-refractivity contribution >= 4 is 17.7 Å². The van der Waals surface area contributed by atoms with Crippen LogP contribution in [0.1, 0.15) is 24.7 Å². The van der Waals surface area contributed by atoms with Gasteiger partial charge in [0, 0.05) is 20.6 Å². The first-order chi connectivity index (χ1) is 10.6. The molecule has 0 radical (unpaired) electrons. The molecule has 9 nitrogen and oxygen atoms in total. The van der Waals surface area contributed by atoms with E-state index in [2.05, 4.69) is 25.7 Å². The lowest BCUT2D eigenvalue weighted by molar-refractivity contribution is -0.119. The molecule has 1 N–H and O–H groups in total. The van der Waals surface area contributed by atoms with Gasteiger partial charge in [-0.2, -0.15) is 4.98 Å². The molecule has 0 aromatic carbocycles. The number of ether oxygens (including phenoxy) is 1. The first-order valence-electron chi connectivity index (χ1n) is 6.67. The molecule has 2 rings (SSSR count). The molecule has 120 valence electrons. The Bertz CT molecular complexity index is 614. The van der Waals surface area contributed by atoms with Gasteiger partial charge in [-0.3, -0.25) is 4.79 Å². The third kappa shape index (κ3) is 4.53. The number of hydrogen-bond acceptors (Lipinski definition) is 8. The Morgan fingerprint density at radius 1 is 1.59 bits per heavy atom. The number of carbonyl (C=O) groups is 1. The first-order valence-corrected chi connectivity index (χ1v) is 7.66. The molecular formula is C12H18N6O3S. The number of thioether (sulfide) groups is 1. The molecule has 0 aliphatic heterocycles. The summed E-state index contributed by atoms with van der Waals surface area (Å²) in [4.78, 5) is 16.1. The summed E-state index contributed by atoms with van der Waals surface area (Å²) in [5.41, 5.74) is 0. The number of methoxy groups -OCH3 is 1. The van der Waals surface area contributed by atoms with Crippen LogP contribution in [0.4, 0.5) is 0 Å². The van der Waals surface area contributed by atoms with Gasteiger partial charge in [-0.25, -0.2) is 0 Å². The van der Waals surface area contributed by atoms with Crippen molar-refractivity contribution in [3.05, 3.63) is 18.0 Å². The average Bonchev–Trinajstić information content (AvgIpc) is 3.12. The molecule has 0 saturated heterocycles. The molecule has 0 aliphatic carbocycles. The minimum Gasteiger partial charge on any atom is -0.384 e. The van der Waals surface area contributed by atoms with E-state index in [-0.39, 0.29) is 17.7 Å². The van der Waals surface area contributed by atoms with Crippen LogP contribution in [0.25, 0.3) is 0 Å². The number of nitrogens with one attached hydrogen (secondary N) is 1. The van der Waals surface area contributed by atoms with Crippen LogP contribution in [0.15, 0.2) is 16.0 Å². The first kappa shape index (κ1) is 16.4. The van der Waals surface area contributed by atoms with Gasteiger partial charge in [-0.1, -0.05) is 16.9 Å². The molecule has 22 heavy (non-hydrogen) atoms. The number of aryl methyl sites for hydroxylation is 1. The van der Waals surface area contributed by atoms with Crippen molar-refractivity contribution in [3.63, 3.8) is 0 Å². The highest BCUT2D eigenvalue weighted by molar-refractivity contribution is 7.99. The standard InChI is InChI=1S/C12H18N6O3S/c1-8(11-15-9(17-21-11)4-5-20-3)14-10(19)6-22-12-16-13-7-18(12)2/h7-8H,4-6H2,1-3H3,(H,14,19). The minimum atomic E-state index is -0.351. The maximum Gasteiger partial charge on any atom is 0.248 e. The maximum absolute atomic E-state index is 11.9. The van der Waals surface area contributed by atoms with Gasteiger partial charge < -0.3 is 19.1 Å². The van der Waals surface area contributed by atoms with Gasteiger partial charge >= 0.3 is 0 Å². The lowest BCUT2D eigenvalue weighted by Gasteiger charge is -2.09. The highest BCUT2D eigenvalue weighted by Crippen LogP contribution is 2.14. The Balaban J connectivity index is 1.80. The van der Waals surface area contributed by atoms with Crippen LogP contribution < -0.4 is 5.32 Å². The van der Waals surface area contributed by atoms with Crippen molar-refractivity contribution in [2.45, 2.75) is 24.5 Å². The molecule has 10 heteroatoms. The van der Waals surface area contributed by atoms with E-state index in [0.717, 1.165) is 0 Å². The van der Waals surface area contributed by atoms with E-state index in [9.17, 15) is 4.79 Å². The van der Waals surface area contributed by atoms with Gasteiger partial charge in [0.2, 0.25) is 11.8 Å².